The number of aromatic nitrogens is 2. The number of rotatable bonds is 2. The average molecular weight is 279 g/mol. The molecule has 0 aliphatic rings. The van der Waals surface area contributed by atoms with E-state index in [1.54, 1.807) is 17.0 Å². The number of pyridine rings is 2. The van der Waals surface area contributed by atoms with Gasteiger partial charge >= 0.3 is 0 Å². The van der Waals surface area contributed by atoms with Crippen LogP contribution in [-0.2, 0) is 6.54 Å². The van der Waals surface area contributed by atoms with Crippen molar-refractivity contribution in [1.29, 1.82) is 0 Å². The fourth-order valence-electron chi connectivity index (χ4n) is 1.46. The van der Waals surface area contributed by atoms with Crippen LogP contribution in [0.2, 0.25) is 0 Å². The molecule has 0 amide bonds. The molecule has 0 aromatic carbocycles. The van der Waals surface area contributed by atoms with Crippen LogP contribution in [-0.4, -0.2) is 9.55 Å². The quantitative estimate of drug-likeness (QED) is 0.845. The minimum atomic E-state index is 0.0345. The highest BCUT2D eigenvalue weighted by molar-refractivity contribution is 9.10. The van der Waals surface area contributed by atoms with Crippen LogP contribution >= 0.6 is 15.9 Å². The lowest BCUT2D eigenvalue weighted by Crippen LogP contribution is -2.21. The summed E-state index contributed by atoms with van der Waals surface area (Å²) in [6.45, 7) is 2.32. The van der Waals surface area contributed by atoms with Crippen LogP contribution in [0.25, 0.3) is 0 Å². The van der Waals surface area contributed by atoms with E-state index in [4.69, 9.17) is 0 Å². The van der Waals surface area contributed by atoms with Gasteiger partial charge in [-0.2, -0.15) is 0 Å². The lowest BCUT2D eigenvalue weighted by Gasteiger charge is -2.05. The van der Waals surface area contributed by atoms with Crippen molar-refractivity contribution in [2.24, 2.45) is 0 Å². The largest absolute Gasteiger partial charge is 0.309 e. The van der Waals surface area contributed by atoms with E-state index in [9.17, 15) is 4.79 Å². The van der Waals surface area contributed by atoms with Crippen LogP contribution in [0.1, 0.15) is 11.3 Å². The van der Waals surface area contributed by atoms with E-state index in [-0.39, 0.29) is 5.56 Å². The fraction of sp³-hybridized carbons (Fsp3) is 0.167. The Labute approximate surface area is 102 Å². The van der Waals surface area contributed by atoms with Crippen LogP contribution in [0, 0.1) is 6.92 Å². The van der Waals surface area contributed by atoms with Gasteiger partial charge in [0.05, 0.1) is 12.2 Å². The van der Waals surface area contributed by atoms with Gasteiger partial charge in [0.2, 0.25) is 0 Å². The summed E-state index contributed by atoms with van der Waals surface area (Å²) in [5.41, 5.74) is 1.66. The highest BCUT2D eigenvalue weighted by Gasteiger charge is 2.00. The number of aryl methyl sites for hydroxylation is 1. The van der Waals surface area contributed by atoms with Gasteiger partial charge in [-0.25, -0.2) is 0 Å². The van der Waals surface area contributed by atoms with E-state index in [1.807, 2.05) is 31.2 Å². The molecule has 0 spiro atoms. The third-order valence-corrected chi connectivity index (χ3v) is 2.80. The van der Waals surface area contributed by atoms with Gasteiger partial charge in [0.1, 0.15) is 0 Å². The summed E-state index contributed by atoms with van der Waals surface area (Å²) in [7, 11) is 0. The molecule has 82 valence electrons. The van der Waals surface area contributed by atoms with Crippen molar-refractivity contribution >= 4 is 15.9 Å². The topological polar surface area (TPSA) is 34.9 Å². The number of hydrogen-bond donors (Lipinski definition) is 0. The van der Waals surface area contributed by atoms with Crippen LogP contribution in [0.15, 0.2) is 45.9 Å². The normalized spacial score (nSPS) is 10.4. The second-order valence-electron chi connectivity index (χ2n) is 3.59. The molecule has 0 saturated heterocycles. The Morgan fingerprint density at radius 1 is 1.38 bits per heavy atom. The van der Waals surface area contributed by atoms with E-state index in [0.29, 0.717) is 6.54 Å². The van der Waals surface area contributed by atoms with Crippen LogP contribution in [0.4, 0.5) is 0 Å². The maximum absolute atomic E-state index is 11.8. The van der Waals surface area contributed by atoms with Crippen molar-refractivity contribution < 1.29 is 0 Å². The Morgan fingerprint density at radius 3 is 2.88 bits per heavy atom. The molecule has 0 fully saturated rings. The molecule has 0 saturated carbocycles. The zero-order valence-electron chi connectivity index (χ0n) is 8.85. The van der Waals surface area contributed by atoms with E-state index in [1.165, 1.54) is 0 Å². The lowest BCUT2D eigenvalue weighted by atomic mass is 10.3. The standard InChI is InChI=1S/C12H11BrN2O/c1-9-3-2-6-15(12(9)16)8-11-5-4-10(13)7-14-11/h2-7H,8H2,1H3. The smallest absolute Gasteiger partial charge is 0.253 e. The molecule has 2 aromatic rings. The first kappa shape index (κ1) is 11.1. The van der Waals surface area contributed by atoms with E-state index in [2.05, 4.69) is 20.9 Å². The van der Waals surface area contributed by atoms with Crippen molar-refractivity contribution in [2.75, 3.05) is 0 Å². The minimum absolute atomic E-state index is 0.0345. The second-order valence-corrected chi connectivity index (χ2v) is 4.51. The first-order valence-corrected chi connectivity index (χ1v) is 5.72. The van der Waals surface area contributed by atoms with Gasteiger partial charge in [-0.15, -0.1) is 0 Å². The van der Waals surface area contributed by atoms with Crippen molar-refractivity contribution in [2.45, 2.75) is 13.5 Å². The van der Waals surface area contributed by atoms with Gasteiger partial charge in [-0.3, -0.25) is 9.78 Å². The van der Waals surface area contributed by atoms with Gasteiger partial charge in [0, 0.05) is 22.4 Å². The Kier molecular flexibility index (Phi) is 3.19. The van der Waals surface area contributed by atoms with Gasteiger partial charge in [-0.1, -0.05) is 6.07 Å². The molecule has 0 bridgehead atoms. The fourth-order valence-corrected chi connectivity index (χ4v) is 1.69. The molecule has 0 atom stereocenters. The van der Waals surface area contributed by atoms with Crippen molar-refractivity contribution in [1.82, 2.24) is 9.55 Å². The first-order chi connectivity index (χ1) is 7.66. The molecule has 0 aliphatic carbocycles. The summed E-state index contributed by atoms with van der Waals surface area (Å²) in [6.07, 6.45) is 3.51. The van der Waals surface area contributed by atoms with E-state index < -0.39 is 0 Å². The van der Waals surface area contributed by atoms with E-state index >= 15 is 0 Å². The van der Waals surface area contributed by atoms with Crippen molar-refractivity contribution in [3.63, 3.8) is 0 Å². The first-order valence-electron chi connectivity index (χ1n) is 4.93. The molecule has 2 aromatic heterocycles. The number of nitrogens with zero attached hydrogens (tertiary/aromatic N) is 2. The van der Waals surface area contributed by atoms with Crippen LogP contribution in [0.5, 0.6) is 0 Å². The maximum Gasteiger partial charge on any atom is 0.253 e. The molecular weight excluding hydrogens is 268 g/mol. The molecule has 0 unspecified atom stereocenters. The third-order valence-electron chi connectivity index (χ3n) is 2.33. The SMILES string of the molecule is Cc1cccn(Cc2ccc(Br)cn2)c1=O. The molecule has 0 radical (unpaired) electrons. The number of hydrogen-bond acceptors (Lipinski definition) is 2. The Hall–Kier alpha value is -1.42. The highest BCUT2D eigenvalue weighted by atomic mass is 79.9. The summed E-state index contributed by atoms with van der Waals surface area (Å²) in [5.74, 6) is 0. The second kappa shape index (κ2) is 4.61. The maximum atomic E-state index is 11.8. The zero-order valence-corrected chi connectivity index (χ0v) is 10.4. The van der Waals surface area contributed by atoms with E-state index in [0.717, 1.165) is 15.7 Å². The highest BCUT2D eigenvalue weighted by Crippen LogP contribution is 2.07. The molecular formula is C12H11BrN2O. The third kappa shape index (κ3) is 2.39. The minimum Gasteiger partial charge on any atom is -0.309 e. The molecule has 0 aliphatic heterocycles. The van der Waals surface area contributed by atoms with Crippen LogP contribution in [0.3, 0.4) is 0 Å². The molecule has 0 N–H and O–H groups in total. The summed E-state index contributed by atoms with van der Waals surface area (Å²) in [5, 5.41) is 0. The lowest BCUT2D eigenvalue weighted by molar-refractivity contribution is 0.733. The summed E-state index contributed by atoms with van der Waals surface area (Å²) >= 11 is 3.33. The van der Waals surface area contributed by atoms with Gasteiger partial charge in [0.25, 0.3) is 5.56 Å². The summed E-state index contributed by atoms with van der Waals surface area (Å²) in [4.78, 5) is 16.0. The predicted octanol–water partition coefficient (Wildman–Crippen LogP) is 2.36. The van der Waals surface area contributed by atoms with Gasteiger partial charge in [-0.05, 0) is 41.1 Å². The average Bonchev–Trinajstić information content (AvgIpc) is 2.28. The van der Waals surface area contributed by atoms with Gasteiger partial charge in [0.15, 0.2) is 0 Å². The Balaban J connectivity index is 2.31. The monoisotopic (exact) mass is 278 g/mol. The Bertz CT molecular complexity index is 546. The Morgan fingerprint density at radius 2 is 2.19 bits per heavy atom. The van der Waals surface area contributed by atoms with Crippen molar-refractivity contribution in [3.05, 3.63) is 62.7 Å². The zero-order chi connectivity index (χ0) is 11.5. The van der Waals surface area contributed by atoms with Crippen LogP contribution < -0.4 is 5.56 Å². The molecule has 2 rings (SSSR count). The van der Waals surface area contributed by atoms with Crippen molar-refractivity contribution in [3.8, 4) is 0 Å². The summed E-state index contributed by atoms with van der Waals surface area (Å²) in [6, 6.07) is 7.51. The summed E-state index contributed by atoms with van der Waals surface area (Å²) < 4.78 is 2.60. The molecule has 3 nitrogen and oxygen atoms in total. The molecule has 2 heterocycles. The molecule has 4 heteroatoms. The number of halogens is 1. The predicted molar refractivity (Wildman–Crippen MR) is 66.5 cm³/mol. The van der Waals surface area contributed by atoms with Gasteiger partial charge < -0.3 is 4.57 Å². The molecule has 16 heavy (non-hydrogen) atoms.